The first kappa shape index (κ1) is 20.9. The van der Waals surface area contributed by atoms with Gasteiger partial charge in [0.25, 0.3) is 0 Å². The quantitative estimate of drug-likeness (QED) is 0.685. The van der Waals surface area contributed by atoms with Crippen molar-refractivity contribution in [1.29, 1.82) is 0 Å². The standard InChI is InChI=1S/C20H25ClN2O4/c1-13(15-5-7-16(21)8-6-15)22-12-19(24)23-11-14-9-17(25-2)20(27-4)18(10-14)26-3/h5-10,13,22H,11-12H2,1-4H3,(H,23,24)/t13-/m1/s1. The second kappa shape index (κ2) is 10.0. The van der Waals surface area contributed by atoms with E-state index in [-0.39, 0.29) is 18.5 Å². The highest BCUT2D eigenvalue weighted by molar-refractivity contribution is 6.30. The van der Waals surface area contributed by atoms with Crippen molar-refractivity contribution in [3.63, 3.8) is 0 Å². The zero-order valence-corrected chi connectivity index (χ0v) is 16.7. The van der Waals surface area contributed by atoms with Crippen LogP contribution in [0.25, 0.3) is 0 Å². The SMILES string of the molecule is COc1cc(CNC(=O)CN[C@H](C)c2ccc(Cl)cc2)cc(OC)c1OC. The number of carbonyl (C=O) groups is 1. The Morgan fingerprint density at radius 3 is 2.15 bits per heavy atom. The number of rotatable bonds is 9. The van der Waals surface area contributed by atoms with Crippen molar-refractivity contribution < 1.29 is 19.0 Å². The molecule has 0 saturated heterocycles. The molecule has 2 N–H and O–H groups in total. The summed E-state index contributed by atoms with van der Waals surface area (Å²) >= 11 is 5.90. The highest BCUT2D eigenvalue weighted by Gasteiger charge is 2.14. The van der Waals surface area contributed by atoms with E-state index in [2.05, 4.69) is 10.6 Å². The maximum absolute atomic E-state index is 12.2. The van der Waals surface area contributed by atoms with Gasteiger partial charge in [-0.25, -0.2) is 0 Å². The van der Waals surface area contributed by atoms with Crippen LogP contribution in [0.1, 0.15) is 24.1 Å². The highest BCUT2D eigenvalue weighted by atomic mass is 35.5. The molecule has 6 nitrogen and oxygen atoms in total. The molecule has 0 radical (unpaired) electrons. The molecule has 2 rings (SSSR count). The Balaban J connectivity index is 1.90. The van der Waals surface area contributed by atoms with Crippen LogP contribution in [-0.4, -0.2) is 33.8 Å². The Bertz CT molecular complexity index is 740. The molecule has 1 amide bonds. The molecule has 0 bridgehead atoms. The smallest absolute Gasteiger partial charge is 0.234 e. The summed E-state index contributed by atoms with van der Waals surface area (Å²) in [5.74, 6) is 1.52. The van der Waals surface area contributed by atoms with Crippen molar-refractivity contribution in [1.82, 2.24) is 10.6 Å². The average Bonchev–Trinajstić information content (AvgIpc) is 2.69. The third-order valence-corrected chi connectivity index (χ3v) is 4.40. The Kier molecular flexibility index (Phi) is 7.76. The molecule has 0 aromatic heterocycles. The summed E-state index contributed by atoms with van der Waals surface area (Å²) in [4.78, 5) is 12.2. The summed E-state index contributed by atoms with van der Waals surface area (Å²) in [5.41, 5.74) is 1.92. The van der Waals surface area contributed by atoms with E-state index in [9.17, 15) is 4.79 Å². The molecule has 0 heterocycles. The lowest BCUT2D eigenvalue weighted by molar-refractivity contribution is -0.120. The second-order valence-electron chi connectivity index (χ2n) is 5.96. The van der Waals surface area contributed by atoms with Gasteiger partial charge in [-0.3, -0.25) is 4.79 Å². The maximum Gasteiger partial charge on any atom is 0.234 e. The van der Waals surface area contributed by atoms with E-state index in [4.69, 9.17) is 25.8 Å². The number of ether oxygens (including phenoxy) is 3. The van der Waals surface area contributed by atoms with Gasteiger partial charge in [0.1, 0.15) is 0 Å². The number of hydrogen-bond acceptors (Lipinski definition) is 5. The largest absolute Gasteiger partial charge is 0.493 e. The highest BCUT2D eigenvalue weighted by Crippen LogP contribution is 2.38. The third-order valence-electron chi connectivity index (χ3n) is 4.15. The van der Waals surface area contributed by atoms with Crippen LogP contribution in [0.15, 0.2) is 36.4 Å². The fourth-order valence-electron chi connectivity index (χ4n) is 2.62. The van der Waals surface area contributed by atoms with Crippen molar-refractivity contribution >= 4 is 17.5 Å². The van der Waals surface area contributed by atoms with Gasteiger partial charge in [0.15, 0.2) is 11.5 Å². The molecular weight excluding hydrogens is 368 g/mol. The number of amides is 1. The van der Waals surface area contributed by atoms with Gasteiger partial charge < -0.3 is 24.8 Å². The van der Waals surface area contributed by atoms with Gasteiger partial charge in [0, 0.05) is 17.6 Å². The second-order valence-corrected chi connectivity index (χ2v) is 6.40. The zero-order chi connectivity index (χ0) is 19.8. The number of nitrogens with one attached hydrogen (secondary N) is 2. The molecule has 0 aliphatic heterocycles. The molecule has 7 heteroatoms. The topological polar surface area (TPSA) is 68.8 Å². The summed E-state index contributed by atoms with van der Waals surface area (Å²) in [6, 6.07) is 11.2. The minimum absolute atomic E-state index is 0.0363. The fraction of sp³-hybridized carbons (Fsp3) is 0.350. The van der Waals surface area contributed by atoms with Crippen molar-refractivity contribution in [3.8, 4) is 17.2 Å². The van der Waals surface area contributed by atoms with Gasteiger partial charge in [-0.05, 0) is 42.3 Å². The Morgan fingerprint density at radius 2 is 1.63 bits per heavy atom. The first-order valence-corrected chi connectivity index (χ1v) is 8.90. The third kappa shape index (κ3) is 5.77. The predicted molar refractivity (Wildman–Crippen MR) is 106 cm³/mol. The minimum atomic E-state index is -0.107. The molecule has 146 valence electrons. The van der Waals surface area contributed by atoms with Crippen LogP contribution in [-0.2, 0) is 11.3 Å². The van der Waals surface area contributed by atoms with Crippen LogP contribution in [0.4, 0.5) is 0 Å². The van der Waals surface area contributed by atoms with Crippen LogP contribution < -0.4 is 24.8 Å². The molecular formula is C20H25ClN2O4. The van der Waals surface area contributed by atoms with Crippen molar-refractivity contribution in [2.24, 2.45) is 0 Å². The molecule has 0 spiro atoms. The van der Waals surface area contributed by atoms with Gasteiger partial charge in [-0.1, -0.05) is 23.7 Å². The van der Waals surface area contributed by atoms with Crippen molar-refractivity contribution in [3.05, 3.63) is 52.5 Å². The first-order chi connectivity index (χ1) is 13.0. The lowest BCUT2D eigenvalue weighted by Crippen LogP contribution is -2.34. The molecule has 0 aliphatic rings. The van der Waals surface area contributed by atoms with Crippen LogP contribution in [0, 0.1) is 0 Å². The molecule has 0 saturated carbocycles. The fourth-order valence-corrected chi connectivity index (χ4v) is 2.74. The molecule has 0 fully saturated rings. The number of halogens is 1. The van der Waals surface area contributed by atoms with E-state index in [1.165, 1.54) is 0 Å². The van der Waals surface area contributed by atoms with E-state index in [1.54, 1.807) is 21.3 Å². The van der Waals surface area contributed by atoms with E-state index < -0.39 is 0 Å². The molecule has 0 aliphatic carbocycles. The summed E-state index contributed by atoms with van der Waals surface area (Å²) in [7, 11) is 4.67. The van der Waals surface area contributed by atoms with E-state index in [0.717, 1.165) is 11.1 Å². The number of hydrogen-bond donors (Lipinski definition) is 2. The van der Waals surface area contributed by atoms with Crippen LogP contribution in [0.5, 0.6) is 17.2 Å². The Morgan fingerprint density at radius 1 is 1.04 bits per heavy atom. The number of carbonyl (C=O) groups excluding carboxylic acids is 1. The number of methoxy groups -OCH3 is 3. The minimum Gasteiger partial charge on any atom is -0.493 e. The normalized spacial score (nSPS) is 11.6. The Hall–Kier alpha value is -2.44. The zero-order valence-electron chi connectivity index (χ0n) is 16.0. The molecule has 0 unspecified atom stereocenters. The van der Waals surface area contributed by atoms with E-state index >= 15 is 0 Å². The Labute approximate surface area is 164 Å². The lowest BCUT2D eigenvalue weighted by Gasteiger charge is -2.16. The number of benzene rings is 2. The van der Waals surface area contributed by atoms with Gasteiger partial charge in [0.2, 0.25) is 11.7 Å². The van der Waals surface area contributed by atoms with E-state index in [1.807, 2.05) is 43.3 Å². The predicted octanol–water partition coefficient (Wildman–Crippen LogP) is 3.33. The lowest BCUT2D eigenvalue weighted by atomic mass is 10.1. The summed E-state index contributed by atoms with van der Waals surface area (Å²) in [6.45, 7) is 2.55. The van der Waals surface area contributed by atoms with Gasteiger partial charge in [-0.2, -0.15) is 0 Å². The van der Waals surface area contributed by atoms with Gasteiger partial charge in [-0.15, -0.1) is 0 Å². The van der Waals surface area contributed by atoms with Crippen LogP contribution in [0.3, 0.4) is 0 Å². The van der Waals surface area contributed by atoms with Crippen molar-refractivity contribution in [2.75, 3.05) is 27.9 Å². The molecule has 27 heavy (non-hydrogen) atoms. The average molecular weight is 393 g/mol. The maximum atomic E-state index is 12.2. The first-order valence-electron chi connectivity index (χ1n) is 8.53. The van der Waals surface area contributed by atoms with Gasteiger partial charge >= 0.3 is 0 Å². The van der Waals surface area contributed by atoms with E-state index in [0.29, 0.717) is 28.8 Å². The van der Waals surface area contributed by atoms with Crippen LogP contribution >= 0.6 is 11.6 Å². The summed E-state index contributed by atoms with van der Waals surface area (Å²) < 4.78 is 15.9. The van der Waals surface area contributed by atoms with Crippen molar-refractivity contribution in [2.45, 2.75) is 19.5 Å². The summed E-state index contributed by atoms with van der Waals surface area (Å²) in [5, 5.41) is 6.76. The van der Waals surface area contributed by atoms with Crippen LogP contribution in [0.2, 0.25) is 5.02 Å². The molecule has 2 aromatic carbocycles. The van der Waals surface area contributed by atoms with Gasteiger partial charge in [0.05, 0.1) is 27.9 Å². The summed E-state index contributed by atoms with van der Waals surface area (Å²) in [6.07, 6.45) is 0. The monoisotopic (exact) mass is 392 g/mol. The molecule has 2 aromatic rings. The molecule has 1 atom stereocenters.